The number of fused-ring (bicyclic) bond motifs is 1. The number of aromatic nitrogens is 1. The Balaban J connectivity index is 0.00000120. The van der Waals surface area contributed by atoms with Crippen LogP contribution >= 0.6 is 11.6 Å². The molecule has 0 spiro atoms. The molecule has 2 nitrogen and oxygen atoms in total. The second-order valence-electron chi connectivity index (χ2n) is 4.56. The normalized spacial score (nSPS) is 16.5. The van der Waals surface area contributed by atoms with Crippen molar-refractivity contribution in [2.75, 3.05) is 13.1 Å². The van der Waals surface area contributed by atoms with Crippen molar-refractivity contribution < 1.29 is 0 Å². The standard InChI is InChI=1S/C14H15ClN2.CH4/c15-13-4-3-11(10-5-8-16-9-6-10)12-2-1-7-17-14(12)13;/h1-4,7,10,16H,5-6,8-9H2;1H4. The number of benzene rings is 1. The van der Waals surface area contributed by atoms with Crippen LogP contribution in [-0.4, -0.2) is 18.1 Å². The van der Waals surface area contributed by atoms with E-state index in [2.05, 4.69) is 22.4 Å². The fraction of sp³-hybridized carbons (Fsp3) is 0.400. The summed E-state index contributed by atoms with van der Waals surface area (Å²) in [4.78, 5) is 4.39. The lowest BCUT2D eigenvalue weighted by Gasteiger charge is -2.24. The monoisotopic (exact) mass is 262 g/mol. The first-order valence-corrected chi connectivity index (χ1v) is 6.48. The van der Waals surface area contributed by atoms with Crippen LogP contribution in [0.5, 0.6) is 0 Å². The Bertz CT molecular complexity index is 533. The molecule has 1 saturated heterocycles. The Hall–Kier alpha value is -1.12. The van der Waals surface area contributed by atoms with Crippen LogP contribution in [0.1, 0.15) is 31.7 Å². The van der Waals surface area contributed by atoms with E-state index in [4.69, 9.17) is 11.6 Å². The topological polar surface area (TPSA) is 24.9 Å². The molecule has 0 unspecified atom stereocenters. The Morgan fingerprint density at radius 2 is 1.94 bits per heavy atom. The third-order valence-electron chi connectivity index (χ3n) is 3.53. The molecule has 0 bridgehead atoms. The maximum Gasteiger partial charge on any atom is 0.0890 e. The summed E-state index contributed by atoms with van der Waals surface area (Å²) in [6, 6.07) is 8.27. The number of hydrogen-bond acceptors (Lipinski definition) is 2. The van der Waals surface area contributed by atoms with Crippen molar-refractivity contribution in [3.8, 4) is 0 Å². The largest absolute Gasteiger partial charge is 0.317 e. The van der Waals surface area contributed by atoms with Gasteiger partial charge >= 0.3 is 0 Å². The van der Waals surface area contributed by atoms with Crippen LogP contribution in [0.4, 0.5) is 0 Å². The second-order valence-corrected chi connectivity index (χ2v) is 4.97. The van der Waals surface area contributed by atoms with Gasteiger partial charge in [-0.25, -0.2) is 0 Å². The summed E-state index contributed by atoms with van der Waals surface area (Å²) in [5.41, 5.74) is 2.34. The highest BCUT2D eigenvalue weighted by atomic mass is 35.5. The molecular formula is C15H19ClN2. The number of nitrogens with zero attached hydrogens (tertiary/aromatic N) is 1. The molecule has 0 saturated carbocycles. The minimum absolute atomic E-state index is 0. The van der Waals surface area contributed by atoms with E-state index in [-0.39, 0.29) is 7.43 Å². The summed E-state index contributed by atoms with van der Waals surface area (Å²) in [5.74, 6) is 0.639. The van der Waals surface area contributed by atoms with Crippen LogP contribution < -0.4 is 5.32 Å². The van der Waals surface area contributed by atoms with Crippen LogP contribution in [0.3, 0.4) is 0 Å². The van der Waals surface area contributed by atoms with Crippen molar-refractivity contribution in [3.05, 3.63) is 41.0 Å². The lowest BCUT2D eigenvalue weighted by Crippen LogP contribution is -2.26. The van der Waals surface area contributed by atoms with E-state index in [1.54, 1.807) is 6.20 Å². The molecule has 3 rings (SSSR count). The van der Waals surface area contributed by atoms with E-state index in [1.165, 1.54) is 23.8 Å². The Kier molecular flexibility index (Phi) is 4.20. The molecule has 2 aromatic rings. The van der Waals surface area contributed by atoms with Gasteiger partial charge in [0.1, 0.15) is 0 Å². The third-order valence-corrected chi connectivity index (χ3v) is 3.84. The summed E-state index contributed by atoms with van der Waals surface area (Å²) in [7, 11) is 0. The summed E-state index contributed by atoms with van der Waals surface area (Å²) in [6.45, 7) is 2.21. The number of nitrogens with one attached hydrogen (secondary N) is 1. The van der Waals surface area contributed by atoms with Gasteiger partial charge in [0, 0.05) is 11.6 Å². The van der Waals surface area contributed by atoms with Crippen LogP contribution in [0.2, 0.25) is 5.02 Å². The highest BCUT2D eigenvalue weighted by Gasteiger charge is 2.18. The van der Waals surface area contributed by atoms with Gasteiger partial charge in [0.25, 0.3) is 0 Å². The van der Waals surface area contributed by atoms with E-state index in [1.807, 2.05) is 12.1 Å². The lowest BCUT2D eigenvalue weighted by molar-refractivity contribution is 0.462. The first-order valence-electron chi connectivity index (χ1n) is 6.10. The molecule has 1 aliphatic rings. The molecule has 1 aromatic heterocycles. The molecule has 3 heteroatoms. The van der Waals surface area contributed by atoms with Crippen molar-refractivity contribution in [1.29, 1.82) is 0 Å². The predicted octanol–water partition coefficient (Wildman–Crippen LogP) is 3.99. The minimum Gasteiger partial charge on any atom is -0.317 e. The number of piperidine rings is 1. The van der Waals surface area contributed by atoms with Gasteiger partial charge in [0.15, 0.2) is 0 Å². The molecule has 1 aliphatic heterocycles. The molecule has 0 aliphatic carbocycles. The number of halogens is 1. The minimum atomic E-state index is 0. The first kappa shape index (κ1) is 13.3. The molecule has 0 atom stereocenters. The van der Waals surface area contributed by atoms with Crippen LogP contribution in [0.15, 0.2) is 30.5 Å². The summed E-state index contributed by atoms with van der Waals surface area (Å²) in [5, 5.41) is 5.37. The molecule has 0 radical (unpaired) electrons. The van der Waals surface area contributed by atoms with Crippen molar-refractivity contribution in [2.45, 2.75) is 26.2 Å². The van der Waals surface area contributed by atoms with Gasteiger partial charge in [0.2, 0.25) is 0 Å². The van der Waals surface area contributed by atoms with E-state index in [0.717, 1.165) is 23.6 Å². The number of hydrogen-bond donors (Lipinski definition) is 1. The van der Waals surface area contributed by atoms with Gasteiger partial charge in [-0.1, -0.05) is 31.2 Å². The fourth-order valence-corrected chi connectivity index (χ4v) is 2.86. The van der Waals surface area contributed by atoms with Gasteiger partial charge in [0.05, 0.1) is 10.5 Å². The number of pyridine rings is 1. The van der Waals surface area contributed by atoms with Gasteiger partial charge < -0.3 is 5.32 Å². The van der Waals surface area contributed by atoms with E-state index in [9.17, 15) is 0 Å². The summed E-state index contributed by atoms with van der Waals surface area (Å²) >= 11 is 6.19. The summed E-state index contributed by atoms with van der Waals surface area (Å²) in [6.07, 6.45) is 4.21. The maximum absolute atomic E-state index is 6.19. The smallest absolute Gasteiger partial charge is 0.0890 e. The first-order chi connectivity index (χ1) is 8.36. The van der Waals surface area contributed by atoms with Gasteiger partial charge in [-0.2, -0.15) is 0 Å². The van der Waals surface area contributed by atoms with Crippen molar-refractivity contribution >= 4 is 22.5 Å². The van der Waals surface area contributed by atoms with Crippen molar-refractivity contribution in [1.82, 2.24) is 10.3 Å². The zero-order valence-corrected chi connectivity index (χ0v) is 10.4. The van der Waals surface area contributed by atoms with Gasteiger partial charge in [-0.05, 0) is 49.5 Å². The highest BCUT2D eigenvalue weighted by Crippen LogP contribution is 2.33. The molecule has 2 heterocycles. The Labute approximate surface area is 113 Å². The molecule has 0 amide bonds. The third kappa shape index (κ3) is 2.36. The average molecular weight is 263 g/mol. The van der Waals surface area contributed by atoms with E-state index >= 15 is 0 Å². The summed E-state index contributed by atoms with van der Waals surface area (Å²) < 4.78 is 0. The zero-order chi connectivity index (χ0) is 11.7. The Morgan fingerprint density at radius 3 is 2.72 bits per heavy atom. The van der Waals surface area contributed by atoms with Crippen LogP contribution in [-0.2, 0) is 0 Å². The Morgan fingerprint density at radius 1 is 1.17 bits per heavy atom. The van der Waals surface area contributed by atoms with E-state index in [0.29, 0.717) is 5.92 Å². The highest BCUT2D eigenvalue weighted by molar-refractivity contribution is 6.35. The van der Waals surface area contributed by atoms with Crippen molar-refractivity contribution in [3.63, 3.8) is 0 Å². The lowest BCUT2D eigenvalue weighted by atomic mass is 9.88. The van der Waals surface area contributed by atoms with Crippen molar-refractivity contribution in [2.24, 2.45) is 0 Å². The quantitative estimate of drug-likeness (QED) is 0.841. The SMILES string of the molecule is C.Clc1ccc(C2CCNCC2)c2cccnc12. The molecule has 18 heavy (non-hydrogen) atoms. The van der Waals surface area contributed by atoms with Gasteiger partial charge in [-0.15, -0.1) is 0 Å². The van der Waals surface area contributed by atoms with Gasteiger partial charge in [-0.3, -0.25) is 4.98 Å². The zero-order valence-electron chi connectivity index (χ0n) is 9.62. The average Bonchev–Trinajstić information content (AvgIpc) is 2.41. The molecule has 1 aromatic carbocycles. The molecule has 96 valence electrons. The van der Waals surface area contributed by atoms with Crippen LogP contribution in [0, 0.1) is 0 Å². The predicted molar refractivity (Wildman–Crippen MR) is 78.3 cm³/mol. The number of rotatable bonds is 1. The molecule has 1 N–H and O–H groups in total. The molecule has 1 fully saturated rings. The molecular weight excluding hydrogens is 244 g/mol. The fourth-order valence-electron chi connectivity index (χ4n) is 2.65. The second kappa shape index (κ2) is 5.68. The van der Waals surface area contributed by atoms with Crippen LogP contribution in [0.25, 0.3) is 10.9 Å². The maximum atomic E-state index is 6.19. The van der Waals surface area contributed by atoms with E-state index < -0.39 is 0 Å².